The first-order valence-corrected chi connectivity index (χ1v) is 11.1. The minimum atomic E-state index is -0.361. The maximum absolute atomic E-state index is 12.6. The van der Waals surface area contributed by atoms with Gasteiger partial charge in [-0.15, -0.1) is 11.3 Å². The number of carbonyl (C=O) groups is 2. The van der Waals surface area contributed by atoms with Gasteiger partial charge in [0.25, 0.3) is 0 Å². The molecule has 28 heavy (non-hydrogen) atoms. The van der Waals surface area contributed by atoms with Crippen molar-refractivity contribution >= 4 is 51.4 Å². The maximum atomic E-state index is 12.6. The van der Waals surface area contributed by atoms with Crippen LogP contribution in [0.3, 0.4) is 0 Å². The molecule has 0 fully saturated rings. The molecule has 150 valence electrons. The fourth-order valence-corrected chi connectivity index (χ4v) is 5.20. The van der Waals surface area contributed by atoms with Crippen molar-refractivity contribution in [2.75, 3.05) is 11.9 Å². The van der Waals surface area contributed by atoms with E-state index >= 15 is 0 Å². The normalized spacial score (nSPS) is 15.8. The van der Waals surface area contributed by atoms with Crippen molar-refractivity contribution in [3.63, 3.8) is 0 Å². The van der Waals surface area contributed by atoms with E-state index in [0.717, 1.165) is 36.8 Å². The van der Waals surface area contributed by atoms with E-state index < -0.39 is 0 Å². The second-order valence-corrected chi connectivity index (χ2v) is 8.84. The maximum Gasteiger partial charge on any atom is 0.341 e. The van der Waals surface area contributed by atoms with Gasteiger partial charge in [0, 0.05) is 4.88 Å². The molecule has 0 saturated heterocycles. The highest BCUT2D eigenvalue weighted by molar-refractivity contribution is 7.17. The highest BCUT2D eigenvalue weighted by atomic mass is 35.5. The molecule has 2 aromatic rings. The lowest BCUT2D eigenvalue weighted by Gasteiger charge is -2.20. The van der Waals surface area contributed by atoms with Crippen LogP contribution in [0, 0.1) is 5.92 Å². The van der Waals surface area contributed by atoms with Crippen LogP contribution in [0.15, 0.2) is 18.2 Å². The van der Waals surface area contributed by atoms with E-state index in [0.29, 0.717) is 33.1 Å². The molecule has 1 aromatic heterocycles. The van der Waals surface area contributed by atoms with Crippen molar-refractivity contribution in [2.24, 2.45) is 5.92 Å². The number of fused-ring (bicyclic) bond motifs is 1. The van der Waals surface area contributed by atoms with E-state index in [1.54, 1.807) is 25.1 Å². The van der Waals surface area contributed by atoms with Crippen LogP contribution >= 0.6 is 34.5 Å². The third-order valence-corrected chi connectivity index (χ3v) is 6.93. The third-order valence-electron chi connectivity index (χ3n) is 5.03. The summed E-state index contributed by atoms with van der Waals surface area (Å²) in [5.74, 6) is 0.0651. The Labute approximate surface area is 179 Å². The van der Waals surface area contributed by atoms with Crippen LogP contribution in [-0.4, -0.2) is 18.5 Å². The van der Waals surface area contributed by atoms with Gasteiger partial charge in [-0.25, -0.2) is 4.79 Å². The van der Waals surface area contributed by atoms with Gasteiger partial charge in [0.15, 0.2) is 0 Å². The van der Waals surface area contributed by atoms with Crippen molar-refractivity contribution in [2.45, 2.75) is 46.0 Å². The summed E-state index contributed by atoms with van der Waals surface area (Å²) in [6.45, 7) is 4.28. The number of ether oxygens (including phenoxy) is 1. The van der Waals surface area contributed by atoms with Crippen molar-refractivity contribution in [3.8, 4) is 0 Å². The first-order chi connectivity index (χ1) is 13.4. The summed E-state index contributed by atoms with van der Waals surface area (Å²) >= 11 is 13.5. The molecular formula is C21H23Cl2NO3S. The lowest BCUT2D eigenvalue weighted by Crippen LogP contribution is -2.18. The molecule has 1 heterocycles. The zero-order chi connectivity index (χ0) is 20.3. The van der Waals surface area contributed by atoms with Crippen molar-refractivity contribution in [3.05, 3.63) is 49.8 Å². The largest absolute Gasteiger partial charge is 0.462 e. The van der Waals surface area contributed by atoms with Crippen LogP contribution in [0.25, 0.3) is 0 Å². The molecule has 0 aliphatic heterocycles. The zero-order valence-electron chi connectivity index (χ0n) is 15.9. The Balaban J connectivity index is 1.83. The van der Waals surface area contributed by atoms with Gasteiger partial charge in [-0.05, 0) is 55.4 Å². The Morgan fingerprint density at radius 3 is 2.71 bits per heavy atom. The number of halogens is 2. The van der Waals surface area contributed by atoms with Gasteiger partial charge in [0.1, 0.15) is 5.00 Å². The molecule has 0 bridgehead atoms. The average Bonchev–Trinajstić information content (AvgIpc) is 3.01. The van der Waals surface area contributed by atoms with Gasteiger partial charge in [-0.3, -0.25) is 4.79 Å². The summed E-state index contributed by atoms with van der Waals surface area (Å²) in [4.78, 5) is 26.4. The molecule has 1 aliphatic rings. The van der Waals surface area contributed by atoms with Gasteiger partial charge in [-0.2, -0.15) is 0 Å². The predicted octanol–water partition coefficient (Wildman–Crippen LogP) is 5.93. The Morgan fingerprint density at radius 1 is 1.25 bits per heavy atom. The van der Waals surface area contributed by atoms with Crippen molar-refractivity contribution in [1.82, 2.24) is 0 Å². The van der Waals surface area contributed by atoms with Crippen LogP contribution in [0.2, 0.25) is 10.0 Å². The van der Waals surface area contributed by atoms with Crippen molar-refractivity contribution < 1.29 is 14.3 Å². The van der Waals surface area contributed by atoms with E-state index in [9.17, 15) is 9.59 Å². The molecule has 1 amide bonds. The number of anilines is 1. The Bertz CT molecular complexity index is 894. The van der Waals surface area contributed by atoms with Crippen LogP contribution in [0.5, 0.6) is 0 Å². The van der Waals surface area contributed by atoms with Crippen molar-refractivity contribution in [1.29, 1.82) is 0 Å². The number of rotatable bonds is 6. The zero-order valence-corrected chi connectivity index (χ0v) is 18.3. The quantitative estimate of drug-likeness (QED) is 0.567. The molecule has 1 aromatic carbocycles. The third kappa shape index (κ3) is 4.70. The molecule has 0 saturated carbocycles. The van der Waals surface area contributed by atoms with E-state index in [1.807, 2.05) is 0 Å². The minimum Gasteiger partial charge on any atom is -0.462 e. The highest BCUT2D eigenvalue weighted by Gasteiger charge is 2.29. The number of amides is 1. The minimum absolute atomic E-state index is 0.152. The van der Waals surface area contributed by atoms with E-state index in [2.05, 4.69) is 12.2 Å². The molecular weight excluding hydrogens is 417 g/mol. The molecule has 0 unspecified atom stereocenters. The number of hydrogen-bond donors (Lipinski definition) is 1. The van der Waals surface area contributed by atoms with Crippen LogP contribution in [0.4, 0.5) is 5.00 Å². The van der Waals surface area contributed by atoms with Gasteiger partial charge in [-0.1, -0.05) is 42.6 Å². The van der Waals surface area contributed by atoms with E-state index in [4.69, 9.17) is 27.9 Å². The van der Waals surface area contributed by atoms with Gasteiger partial charge >= 0.3 is 5.97 Å². The number of thiophene rings is 1. The van der Waals surface area contributed by atoms with E-state index in [-0.39, 0.29) is 18.3 Å². The first-order valence-electron chi connectivity index (χ1n) is 9.48. The summed E-state index contributed by atoms with van der Waals surface area (Å²) in [5, 5.41) is 4.38. The highest BCUT2D eigenvalue weighted by Crippen LogP contribution is 2.41. The average molecular weight is 440 g/mol. The molecule has 7 heteroatoms. The Kier molecular flexibility index (Phi) is 7.02. The lowest BCUT2D eigenvalue weighted by atomic mass is 9.85. The first kappa shape index (κ1) is 21.2. The van der Waals surface area contributed by atoms with Gasteiger partial charge in [0.05, 0.1) is 28.6 Å². The standard InChI is InChI=1S/C21H23Cl2NO3S/c1-3-12-5-7-14-17(10-12)28-20(19(14)21(26)27-4-2)24-18(25)11-13-6-8-15(22)16(23)9-13/h6,8-9,12H,3-5,7,10-11H2,1-2H3,(H,24,25)/t12-/m1/s1. The summed E-state index contributed by atoms with van der Waals surface area (Å²) in [7, 11) is 0. The Morgan fingerprint density at radius 2 is 2.04 bits per heavy atom. The molecule has 4 nitrogen and oxygen atoms in total. The molecule has 1 N–H and O–H groups in total. The second-order valence-electron chi connectivity index (χ2n) is 6.92. The molecule has 1 atom stereocenters. The second kappa shape index (κ2) is 9.29. The smallest absolute Gasteiger partial charge is 0.341 e. The van der Waals surface area contributed by atoms with E-state index in [1.165, 1.54) is 16.2 Å². The van der Waals surface area contributed by atoms with Crippen LogP contribution in [0.1, 0.15) is 53.1 Å². The summed E-state index contributed by atoms with van der Waals surface area (Å²) in [6.07, 6.45) is 4.13. The lowest BCUT2D eigenvalue weighted by molar-refractivity contribution is -0.115. The SMILES string of the molecule is CCOC(=O)c1c(NC(=O)Cc2ccc(Cl)c(Cl)c2)sc2c1CC[C@@H](CC)C2. The van der Waals surface area contributed by atoms with Crippen LogP contribution in [-0.2, 0) is 28.8 Å². The summed E-state index contributed by atoms with van der Waals surface area (Å²) in [6, 6.07) is 5.12. The number of nitrogens with one attached hydrogen (secondary N) is 1. The summed E-state index contributed by atoms with van der Waals surface area (Å²) in [5.41, 5.74) is 2.33. The monoisotopic (exact) mass is 439 g/mol. The molecule has 1 aliphatic carbocycles. The number of carbonyl (C=O) groups excluding carboxylic acids is 2. The topological polar surface area (TPSA) is 55.4 Å². The molecule has 0 spiro atoms. The summed E-state index contributed by atoms with van der Waals surface area (Å²) < 4.78 is 5.26. The number of esters is 1. The fraction of sp³-hybridized carbons (Fsp3) is 0.429. The molecule has 0 radical (unpaired) electrons. The predicted molar refractivity (Wildman–Crippen MR) is 115 cm³/mol. The Hall–Kier alpha value is -1.56. The number of hydrogen-bond acceptors (Lipinski definition) is 4. The fourth-order valence-electron chi connectivity index (χ4n) is 3.52. The van der Waals surface area contributed by atoms with Crippen LogP contribution < -0.4 is 5.32 Å². The van der Waals surface area contributed by atoms with Gasteiger partial charge < -0.3 is 10.1 Å². The van der Waals surface area contributed by atoms with Gasteiger partial charge in [0.2, 0.25) is 5.91 Å². The number of benzene rings is 1. The molecule has 3 rings (SSSR count).